The van der Waals surface area contributed by atoms with Gasteiger partial charge in [0.2, 0.25) is 5.78 Å². The molecule has 4 aromatic rings. The largest absolute Gasteiger partial charge is 0.313 e. The molecule has 114 valence electrons. The van der Waals surface area contributed by atoms with E-state index in [1.165, 1.54) is 0 Å². The van der Waals surface area contributed by atoms with E-state index in [-0.39, 0.29) is 0 Å². The summed E-state index contributed by atoms with van der Waals surface area (Å²) in [7, 11) is 2.02. The standard InChI is InChI=1S/C18H13BrClN3/c1-22-17(13-5-3-7-15(20)9-13)11-23-10-16(21-18(22)23)12-4-2-6-14(19)8-12/h2-11H,1H3. The fraction of sp³-hybridized carbons (Fsp3) is 0.0556. The van der Waals surface area contributed by atoms with Crippen LogP contribution in [0.15, 0.2) is 65.4 Å². The van der Waals surface area contributed by atoms with Crippen molar-refractivity contribution in [2.24, 2.45) is 7.05 Å². The maximum Gasteiger partial charge on any atom is 0.214 e. The zero-order valence-corrected chi connectivity index (χ0v) is 14.7. The first-order chi connectivity index (χ1) is 11.1. The topological polar surface area (TPSA) is 22.2 Å². The van der Waals surface area contributed by atoms with Crippen molar-refractivity contribution in [3.63, 3.8) is 0 Å². The third-order valence-corrected chi connectivity index (χ3v) is 4.60. The highest BCUT2D eigenvalue weighted by molar-refractivity contribution is 9.10. The number of imidazole rings is 2. The summed E-state index contributed by atoms with van der Waals surface area (Å²) in [4.78, 5) is 4.76. The predicted octanol–water partition coefficient (Wildman–Crippen LogP) is 5.42. The molecule has 0 atom stereocenters. The second-order valence-corrected chi connectivity index (χ2v) is 6.78. The number of halogens is 2. The second kappa shape index (κ2) is 5.55. The zero-order chi connectivity index (χ0) is 16.0. The van der Waals surface area contributed by atoms with Gasteiger partial charge in [-0.15, -0.1) is 0 Å². The van der Waals surface area contributed by atoms with Crippen LogP contribution >= 0.6 is 27.5 Å². The summed E-state index contributed by atoms with van der Waals surface area (Å²) in [5, 5.41) is 0.733. The molecule has 4 rings (SSSR count). The minimum absolute atomic E-state index is 0.733. The number of benzene rings is 2. The normalized spacial score (nSPS) is 11.3. The summed E-state index contributed by atoms with van der Waals surface area (Å²) in [6, 6.07) is 16.0. The van der Waals surface area contributed by atoms with Crippen LogP contribution in [0.1, 0.15) is 0 Å². The molecule has 0 aliphatic heterocycles. The van der Waals surface area contributed by atoms with Gasteiger partial charge in [0.15, 0.2) is 0 Å². The number of nitrogens with zero attached hydrogens (tertiary/aromatic N) is 3. The molecule has 3 nitrogen and oxygen atoms in total. The Kier molecular flexibility index (Phi) is 3.51. The van der Waals surface area contributed by atoms with Crippen molar-refractivity contribution in [3.05, 3.63) is 70.4 Å². The van der Waals surface area contributed by atoms with E-state index < -0.39 is 0 Å². The number of hydrogen-bond donors (Lipinski definition) is 0. The first-order valence-electron chi connectivity index (χ1n) is 7.18. The fourth-order valence-corrected chi connectivity index (χ4v) is 3.35. The molecule has 0 amide bonds. The Balaban J connectivity index is 1.83. The van der Waals surface area contributed by atoms with Gasteiger partial charge in [0.25, 0.3) is 0 Å². The Hall–Kier alpha value is -2.04. The van der Waals surface area contributed by atoms with Crippen LogP contribution < -0.4 is 0 Å². The van der Waals surface area contributed by atoms with Gasteiger partial charge in [0, 0.05) is 40.1 Å². The fourth-order valence-electron chi connectivity index (χ4n) is 2.76. The number of aromatic nitrogens is 3. The minimum Gasteiger partial charge on any atom is -0.313 e. The predicted molar refractivity (Wildman–Crippen MR) is 97.7 cm³/mol. The highest BCUT2D eigenvalue weighted by Crippen LogP contribution is 2.27. The van der Waals surface area contributed by atoms with Gasteiger partial charge in [-0.1, -0.05) is 51.8 Å². The Morgan fingerprint density at radius 3 is 2.52 bits per heavy atom. The summed E-state index contributed by atoms with van der Waals surface area (Å²) in [6.45, 7) is 0. The Bertz CT molecular complexity index is 1020. The van der Waals surface area contributed by atoms with E-state index in [2.05, 4.69) is 44.9 Å². The molecule has 0 saturated heterocycles. The summed E-state index contributed by atoms with van der Waals surface area (Å²) in [5.74, 6) is 0.898. The van der Waals surface area contributed by atoms with Crippen LogP contribution in [0.3, 0.4) is 0 Å². The van der Waals surface area contributed by atoms with Crippen LogP contribution in [0.2, 0.25) is 5.02 Å². The van der Waals surface area contributed by atoms with E-state index in [9.17, 15) is 0 Å². The molecular formula is C18H13BrClN3. The van der Waals surface area contributed by atoms with E-state index in [0.717, 1.165) is 37.8 Å². The molecule has 0 saturated carbocycles. The summed E-state index contributed by atoms with van der Waals surface area (Å²) in [6.07, 6.45) is 4.13. The lowest BCUT2D eigenvalue weighted by atomic mass is 10.1. The van der Waals surface area contributed by atoms with Gasteiger partial charge in [-0.05, 0) is 24.3 Å². The molecule has 0 aliphatic rings. The van der Waals surface area contributed by atoms with Gasteiger partial charge in [-0.2, -0.15) is 0 Å². The van der Waals surface area contributed by atoms with Crippen LogP contribution in [0.4, 0.5) is 0 Å². The zero-order valence-electron chi connectivity index (χ0n) is 12.4. The molecule has 0 fully saturated rings. The summed E-state index contributed by atoms with van der Waals surface area (Å²) >= 11 is 9.61. The van der Waals surface area contributed by atoms with Gasteiger partial charge in [0.05, 0.1) is 11.4 Å². The number of aryl methyl sites for hydroxylation is 1. The number of rotatable bonds is 2. The maximum absolute atomic E-state index is 6.10. The van der Waals surface area contributed by atoms with Crippen LogP contribution in [-0.2, 0) is 7.05 Å². The highest BCUT2D eigenvalue weighted by atomic mass is 79.9. The van der Waals surface area contributed by atoms with Crippen molar-refractivity contribution in [2.45, 2.75) is 0 Å². The Morgan fingerprint density at radius 2 is 1.78 bits per heavy atom. The third kappa shape index (κ3) is 2.58. The van der Waals surface area contributed by atoms with E-state index >= 15 is 0 Å². The maximum atomic E-state index is 6.10. The molecule has 2 aromatic carbocycles. The first kappa shape index (κ1) is 14.5. The first-order valence-corrected chi connectivity index (χ1v) is 8.35. The number of fused-ring (bicyclic) bond motifs is 1. The van der Waals surface area contributed by atoms with Crippen molar-refractivity contribution in [1.82, 2.24) is 14.0 Å². The van der Waals surface area contributed by atoms with Gasteiger partial charge >= 0.3 is 0 Å². The van der Waals surface area contributed by atoms with Crippen LogP contribution in [0, 0.1) is 0 Å². The SMILES string of the molecule is Cn1c(-c2cccc(Cl)c2)cn2cc(-c3cccc(Br)c3)nc12. The molecule has 23 heavy (non-hydrogen) atoms. The quantitative estimate of drug-likeness (QED) is 0.451. The lowest BCUT2D eigenvalue weighted by Crippen LogP contribution is -1.92. The van der Waals surface area contributed by atoms with Crippen molar-refractivity contribution in [2.75, 3.05) is 0 Å². The van der Waals surface area contributed by atoms with E-state index in [1.807, 2.05) is 48.0 Å². The molecule has 0 spiro atoms. The van der Waals surface area contributed by atoms with E-state index in [4.69, 9.17) is 16.6 Å². The van der Waals surface area contributed by atoms with E-state index in [0.29, 0.717) is 0 Å². The molecule has 5 heteroatoms. The highest BCUT2D eigenvalue weighted by Gasteiger charge is 2.12. The Morgan fingerprint density at radius 1 is 1.00 bits per heavy atom. The van der Waals surface area contributed by atoms with Gasteiger partial charge < -0.3 is 4.57 Å². The molecule has 0 aliphatic carbocycles. The lowest BCUT2D eigenvalue weighted by molar-refractivity contribution is 0.945. The third-order valence-electron chi connectivity index (χ3n) is 3.88. The smallest absolute Gasteiger partial charge is 0.214 e. The molecule has 2 aromatic heterocycles. The molecular weight excluding hydrogens is 374 g/mol. The second-order valence-electron chi connectivity index (χ2n) is 5.43. The summed E-state index contributed by atoms with van der Waals surface area (Å²) in [5.41, 5.74) is 4.20. The molecule has 0 radical (unpaired) electrons. The van der Waals surface area contributed by atoms with Crippen LogP contribution in [-0.4, -0.2) is 14.0 Å². The van der Waals surface area contributed by atoms with Crippen molar-refractivity contribution in [1.29, 1.82) is 0 Å². The average molecular weight is 387 g/mol. The molecule has 2 heterocycles. The van der Waals surface area contributed by atoms with Gasteiger partial charge in [-0.3, -0.25) is 4.40 Å². The van der Waals surface area contributed by atoms with Crippen molar-refractivity contribution in [3.8, 4) is 22.5 Å². The van der Waals surface area contributed by atoms with Gasteiger partial charge in [-0.25, -0.2) is 4.98 Å². The molecule has 0 unspecified atom stereocenters. The summed E-state index contributed by atoms with van der Waals surface area (Å²) < 4.78 is 5.17. The number of hydrogen-bond acceptors (Lipinski definition) is 1. The molecule has 0 N–H and O–H groups in total. The van der Waals surface area contributed by atoms with Crippen molar-refractivity contribution < 1.29 is 0 Å². The monoisotopic (exact) mass is 385 g/mol. The Labute approximate surface area is 147 Å². The minimum atomic E-state index is 0.733. The lowest BCUT2D eigenvalue weighted by Gasteiger charge is -2.03. The van der Waals surface area contributed by atoms with E-state index in [1.54, 1.807) is 0 Å². The molecule has 0 bridgehead atoms. The van der Waals surface area contributed by atoms with Crippen LogP contribution in [0.5, 0.6) is 0 Å². The van der Waals surface area contributed by atoms with Gasteiger partial charge in [0.1, 0.15) is 0 Å². The average Bonchev–Trinajstić information content (AvgIpc) is 3.07. The van der Waals surface area contributed by atoms with Crippen molar-refractivity contribution >= 4 is 33.3 Å². The van der Waals surface area contributed by atoms with Crippen LogP contribution in [0.25, 0.3) is 28.3 Å².